The van der Waals surface area contributed by atoms with E-state index in [0.717, 1.165) is 61.5 Å². The zero-order valence-electron chi connectivity index (χ0n) is 21.5. The highest BCUT2D eigenvalue weighted by atomic mass is 16.3. The van der Waals surface area contributed by atoms with Crippen LogP contribution in [0.1, 0.15) is 55.2 Å². The fraction of sp³-hybridized carbons (Fsp3) is 0.567. The van der Waals surface area contributed by atoms with Crippen molar-refractivity contribution in [3.05, 3.63) is 71.3 Å². The van der Waals surface area contributed by atoms with E-state index in [0.29, 0.717) is 25.6 Å². The summed E-state index contributed by atoms with van der Waals surface area (Å²) < 4.78 is 0.937. The van der Waals surface area contributed by atoms with Gasteiger partial charge in [0.2, 0.25) is 0 Å². The Kier molecular flexibility index (Phi) is 8.31. The molecule has 190 valence electrons. The Labute approximate surface area is 211 Å². The number of hydrogen-bond donors (Lipinski definition) is 2. The lowest BCUT2D eigenvalue weighted by Crippen LogP contribution is -2.58. The smallest absolute Gasteiger partial charge is 0.259 e. The van der Waals surface area contributed by atoms with E-state index in [9.17, 15) is 9.90 Å². The molecule has 1 saturated heterocycles. The normalized spacial score (nSPS) is 19.6. The lowest BCUT2D eigenvalue weighted by molar-refractivity contribution is -0.916. The monoisotopic (exact) mass is 479 g/mol. The van der Waals surface area contributed by atoms with Crippen LogP contribution in [0.25, 0.3) is 0 Å². The molecule has 0 bridgehead atoms. The largest absolute Gasteiger partial charge is 0.396 e. The second-order valence-corrected chi connectivity index (χ2v) is 11.2. The predicted octanol–water partition coefficient (Wildman–Crippen LogP) is 3.91. The van der Waals surface area contributed by atoms with Crippen LogP contribution in [0.2, 0.25) is 0 Å². The van der Waals surface area contributed by atoms with Crippen molar-refractivity contribution in [3.63, 3.8) is 0 Å². The molecule has 0 spiro atoms. The standard InChI is InChI=1S/C30H43N2O3/c1-32(2,22-18-24-12-14-25(15-13-24)19-23-33)28-16-20-31(21-17-28)29(34)30(35,27-10-6-7-11-27)26-8-4-3-5-9-26/h3-5,8-9,12-15,27-28,33,35H,6-7,10-11,16-23H2,1-2H3/q+1. The zero-order chi connectivity index (χ0) is 24.9. The molecule has 5 nitrogen and oxygen atoms in total. The van der Waals surface area contributed by atoms with E-state index in [1.54, 1.807) is 0 Å². The molecule has 5 heteroatoms. The first-order chi connectivity index (χ1) is 16.8. The van der Waals surface area contributed by atoms with Crippen LogP contribution in [-0.4, -0.2) is 71.9 Å². The first-order valence-electron chi connectivity index (χ1n) is 13.4. The molecule has 2 aromatic rings. The molecule has 1 aliphatic carbocycles. The lowest BCUT2D eigenvalue weighted by atomic mass is 9.78. The van der Waals surface area contributed by atoms with Gasteiger partial charge in [0.05, 0.1) is 26.7 Å². The summed E-state index contributed by atoms with van der Waals surface area (Å²) in [4.78, 5) is 15.7. The van der Waals surface area contributed by atoms with Gasteiger partial charge < -0.3 is 19.6 Å². The van der Waals surface area contributed by atoms with Crippen LogP contribution in [0.15, 0.2) is 54.6 Å². The van der Waals surface area contributed by atoms with Gasteiger partial charge >= 0.3 is 0 Å². The van der Waals surface area contributed by atoms with Crippen molar-refractivity contribution >= 4 is 5.91 Å². The molecule has 2 N–H and O–H groups in total. The fourth-order valence-electron chi connectivity index (χ4n) is 6.18. The van der Waals surface area contributed by atoms with Crippen molar-refractivity contribution in [2.24, 2.45) is 5.92 Å². The van der Waals surface area contributed by atoms with Gasteiger partial charge in [-0.3, -0.25) is 4.79 Å². The third kappa shape index (κ3) is 5.79. The Morgan fingerprint density at radius 2 is 1.49 bits per heavy atom. The SMILES string of the molecule is C[N+](C)(CCc1ccc(CCO)cc1)C1CCN(C(=O)C(O)(c2ccccc2)C2CCCC2)CC1. The maximum atomic E-state index is 13.8. The number of amides is 1. The third-order valence-electron chi connectivity index (χ3n) is 8.63. The summed E-state index contributed by atoms with van der Waals surface area (Å²) in [5, 5.41) is 21.0. The first kappa shape index (κ1) is 25.9. The summed E-state index contributed by atoms with van der Waals surface area (Å²) in [5.41, 5.74) is 1.85. The van der Waals surface area contributed by atoms with Gasteiger partial charge in [0, 0.05) is 44.9 Å². The minimum atomic E-state index is -1.41. The van der Waals surface area contributed by atoms with E-state index in [2.05, 4.69) is 38.4 Å². The van der Waals surface area contributed by atoms with Gasteiger partial charge in [-0.2, -0.15) is 0 Å². The summed E-state index contributed by atoms with van der Waals surface area (Å²) in [5.74, 6) is -0.0894. The van der Waals surface area contributed by atoms with Crippen LogP contribution < -0.4 is 0 Å². The maximum absolute atomic E-state index is 13.8. The maximum Gasteiger partial charge on any atom is 0.259 e. The van der Waals surface area contributed by atoms with Crippen molar-refractivity contribution in [1.29, 1.82) is 0 Å². The molecule has 1 saturated carbocycles. The van der Waals surface area contributed by atoms with E-state index in [4.69, 9.17) is 5.11 Å². The highest BCUT2D eigenvalue weighted by Crippen LogP contribution is 2.42. The highest BCUT2D eigenvalue weighted by molar-refractivity contribution is 5.87. The number of likely N-dealkylation sites (N-methyl/N-ethyl adjacent to an activating group) is 1. The van der Waals surface area contributed by atoms with Crippen LogP contribution in [0.4, 0.5) is 0 Å². The van der Waals surface area contributed by atoms with Crippen LogP contribution >= 0.6 is 0 Å². The molecule has 1 unspecified atom stereocenters. The topological polar surface area (TPSA) is 60.8 Å². The van der Waals surface area contributed by atoms with Crippen LogP contribution in [0.5, 0.6) is 0 Å². The zero-order valence-corrected chi connectivity index (χ0v) is 21.5. The van der Waals surface area contributed by atoms with Crippen molar-refractivity contribution in [2.45, 2.75) is 63.0 Å². The van der Waals surface area contributed by atoms with Crippen molar-refractivity contribution in [3.8, 4) is 0 Å². The molecular formula is C30H43N2O3+. The quantitative estimate of drug-likeness (QED) is 0.536. The van der Waals surface area contributed by atoms with Crippen molar-refractivity contribution < 1.29 is 19.5 Å². The molecular weight excluding hydrogens is 436 g/mol. The van der Waals surface area contributed by atoms with Gasteiger partial charge in [-0.05, 0) is 36.0 Å². The number of carbonyl (C=O) groups is 1. The van der Waals surface area contributed by atoms with Gasteiger partial charge in [0.25, 0.3) is 5.91 Å². The van der Waals surface area contributed by atoms with Crippen LogP contribution in [0, 0.1) is 5.92 Å². The summed E-state index contributed by atoms with van der Waals surface area (Å²) >= 11 is 0. The van der Waals surface area contributed by atoms with Gasteiger partial charge in [-0.25, -0.2) is 0 Å². The molecule has 0 aromatic heterocycles. The number of carbonyl (C=O) groups excluding carboxylic acids is 1. The number of quaternary nitrogens is 1. The van der Waals surface area contributed by atoms with Crippen molar-refractivity contribution in [1.82, 2.24) is 4.90 Å². The van der Waals surface area contributed by atoms with E-state index in [1.807, 2.05) is 35.2 Å². The van der Waals surface area contributed by atoms with Gasteiger partial charge in [0.15, 0.2) is 5.60 Å². The average molecular weight is 480 g/mol. The van der Waals surface area contributed by atoms with Gasteiger partial charge in [-0.1, -0.05) is 67.4 Å². The van der Waals surface area contributed by atoms with Crippen molar-refractivity contribution in [2.75, 3.05) is 40.3 Å². The Bertz CT molecular complexity index is 945. The van der Waals surface area contributed by atoms with Gasteiger partial charge in [-0.15, -0.1) is 0 Å². The minimum Gasteiger partial charge on any atom is -0.396 e. The molecule has 2 aromatic carbocycles. The average Bonchev–Trinajstić information content (AvgIpc) is 3.44. The molecule has 2 fully saturated rings. The number of aliphatic hydroxyl groups excluding tert-OH is 1. The van der Waals surface area contributed by atoms with E-state index >= 15 is 0 Å². The molecule has 4 rings (SSSR count). The molecule has 1 heterocycles. The predicted molar refractivity (Wildman–Crippen MR) is 140 cm³/mol. The molecule has 1 atom stereocenters. The number of benzene rings is 2. The Morgan fingerprint density at radius 1 is 0.914 bits per heavy atom. The summed E-state index contributed by atoms with van der Waals surface area (Å²) in [6.45, 7) is 2.66. The fourth-order valence-corrected chi connectivity index (χ4v) is 6.18. The van der Waals surface area contributed by atoms with E-state index in [-0.39, 0.29) is 18.4 Å². The number of piperidine rings is 1. The van der Waals surface area contributed by atoms with E-state index < -0.39 is 5.60 Å². The number of likely N-dealkylation sites (tertiary alicyclic amines) is 1. The van der Waals surface area contributed by atoms with Crippen LogP contribution in [-0.2, 0) is 23.2 Å². The summed E-state index contributed by atoms with van der Waals surface area (Å²) in [7, 11) is 4.61. The number of hydrogen-bond acceptors (Lipinski definition) is 3. The molecule has 1 aliphatic heterocycles. The molecule has 35 heavy (non-hydrogen) atoms. The third-order valence-corrected chi connectivity index (χ3v) is 8.63. The number of nitrogens with zero attached hydrogens (tertiary/aromatic N) is 2. The highest BCUT2D eigenvalue weighted by Gasteiger charge is 2.49. The van der Waals surface area contributed by atoms with Gasteiger partial charge in [0.1, 0.15) is 0 Å². The molecule has 1 amide bonds. The Hall–Kier alpha value is -2.21. The second kappa shape index (κ2) is 11.2. The second-order valence-electron chi connectivity index (χ2n) is 11.2. The van der Waals surface area contributed by atoms with Crippen LogP contribution in [0.3, 0.4) is 0 Å². The van der Waals surface area contributed by atoms with E-state index in [1.165, 1.54) is 11.1 Å². The number of aliphatic hydroxyl groups is 2. The molecule has 2 aliphatic rings. The summed E-state index contributed by atoms with van der Waals surface area (Å²) in [6.07, 6.45) is 7.65. The molecule has 0 radical (unpaired) electrons. The minimum absolute atomic E-state index is 0.00566. The lowest BCUT2D eigenvalue weighted by Gasteiger charge is -2.45. The summed E-state index contributed by atoms with van der Waals surface area (Å²) in [6, 6.07) is 18.7. The first-order valence-corrected chi connectivity index (χ1v) is 13.4. The Balaban J connectivity index is 1.37. The number of rotatable bonds is 9. The Morgan fingerprint density at radius 3 is 2.06 bits per heavy atom.